The van der Waals surface area contributed by atoms with Gasteiger partial charge in [-0.2, -0.15) is 16.1 Å². The average molecular weight is 289 g/mol. The second-order valence-corrected chi connectivity index (χ2v) is 5.41. The van der Waals surface area contributed by atoms with Gasteiger partial charge < -0.3 is 16.2 Å². The smallest absolute Gasteiger partial charge is 0.340 e. The standard InChI is InChI=1S/C10H15N3O3S2/c1-5-7(10(15)16)9(18-13-5)12-8(14)6(11)3-4-17-2/h6H,3-4,11H2,1-2H3,(H,12,14)(H,15,16)/t6-/m1/s1. The summed E-state index contributed by atoms with van der Waals surface area (Å²) in [5.74, 6) is -0.702. The second-order valence-electron chi connectivity index (χ2n) is 3.65. The van der Waals surface area contributed by atoms with Crippen molar-refractivity contribution in [2.24, 2.45) is 5.73 Å². The summed E-state index contributed by atoms with van der Waals surface area (Å²) in [6.45, 7) is 1.59. The largest absolute Gasteiger partial charge is 0.478 e. The maximum absolute atomic E-state index is 11.7. The molecule has 0 bridgehead atoms. The third-order valence-corrected chi connectivity index (χ3v) is 3.78. The summed E-state index contributed by atoms with van der Waals surface area (Å²) in [6.07, 6.45) is 2.48. The van der Waals surface area contributed by atoms with Crippen LogP contribution in [0.15, 0.2) is 0 Å². The quantitative estimate of drug-likeness (QED) is 0.726. The summed E-state index contributed by atoms with van der Waals surface area (Å²) >= 11 is 2.55. The Morgan fingerprint density at radius 2 is 2.28 bits per heavy atom. The highest BCUT2D eigenvalue weighted by atomic mass is 32.2. The van der Waals surface area contributed by atoms with Crippen molar-refractivity contribution < 1.29 is 14.7 Å². The predicted molar refractivity (Wildman–Crippen MR) is 73.4 cm³/mol. The molecule has 4 N–H and O–H groups in total. The van der Waals surface area contributed by atoms with Crippen LogP contribution in [-0.4, -0.2) is 39.4 Å². The van der Waals surface area contributed by atoms with Crippen LogP contribution >= 0.6 is 23.3 Å². The molecule has 0 radical (unpaired) electrons. The monoisotopic (exact) mass is 289 g/mol. The molecule has 0 aliphatic heterocycles. The SMILES string of the molecule is CSCC[C@@H](N)C(=O)Nc1snc(C)c1C(=O)O. The fourth-order valence-corrected chi connectivity index (χ4v) is 2.57. The maximum Gasteiger partial charge on any atom is 0.340 e. The molecular formula is C10H15N3O3S2. The van der Waals surface area contributed by atoms with E-state index in [0.29, 0.717) is 12.1 Å². The van der Waals surface area contributed by atoms with Crippen LogP contribution in [0.1, 0.15) is 22.5 Å². The van der Waals surface area contributed by atoms with E-state index >= 15 is 0 Å². The van der Waals surface area contributed by atoms with Crippen LogP contribution in [0.5, 0.6) is 0 Å². The van der Waals surface area contributed by atoms with Crippen molar-refractivity contribution in [2.45, 2.75) is 19.4 Å². The normalized spacial score (nSPS) is 12.2. The first-order valence-corrected chi connectivity index (χ1v) is 7.39. The summed E-state index contributed by atoms with van der Waals surface area (Å²) in [6, 6.07) is -0.637. The summed E-state index contributed by atoms with van der Waals surface area (Å²) < 4.78 is 3.91. The fraction of sp³-hybridized carbons (Fsp3) is 0.500. The van der Waals surface area contributed by atoms with Gasteiger partial charge in [0.25, 0.3) is 0 Å². The Morgan fingerprint density at radius 3 is 2.83 bits per heavy atom. The topological polar surface area (TPSA) is 105 Å². The third-order valence-electron chi connectivity index (χ3n) is 2.28. The number of carbonyl (C=O) groups is 2. The molecule has 0 saturated heterocycles. The number of nitrogens with two attached hydrogens (primary N) is 1. The highest BCUT2D eigenvalue weighted by Gasteiger charge is 2.21. The fourth-order valence-electron chi connectivity index (χ4n) is 1.29. The van der Waals surface area contributed by atoms with Crippen molar-refractivity contribution in [3.05, 3.63) is 11.3 Å². The lowest BCUT2D eigenvalue weighted by Crippen LogP contribution is -2.36. The number of aromatic nitrogens is 1. The van der Waals surface area contributed by atoms with Crippen molar-refractivity contribution in [3.8, 4) is 0 Å². The molecule has 100 valence electrons. The van der Waals surface area contributed by atoms with E-state index in [4.69, 9.17) is 10.8 Å². The number of carboxylic acid groups (broad SMARTS) is 1. The molecule has 0 aliphatic carbocycles. The van der Waals surface area contributed by atoms with Crippen molar-refractivity contribution in [2.75, 3.05) is 17.3 Å². The van der Waals surface area contributed by atoms with Gasteiger partial charge in [-0.25, -0.2) is 4.79 Å². The first-order valence-electron chi connectivity index (χ1n) is 5.22. The summed E-state index contributed by atoms with van der Waals surface area (Å²) in [5.41, 5.74) is 6.12. The van der Waals surface area contributed by atoms with E-state index in [0.717, 1.165) is 17.3 Å². The highest BCUT2D eigenvalue weighted by molar-refractivity contribution is 7.98. The third kappa shape index (κ3) is 3.69. The Hall–Kier alpha value is -1.12. The molecule has 0 aliphatic rings. The molecule has 0 spiro atoms. The van der Waals surface area contributed by atoms with Gasteiger partial charge in [0.05, 0.1) is 11.7 Å². The highest BCUT2D eigenvalue weighted by Crippen LogP contribution is 2.24. The number of aryl methyl sites for hydroxylation is 1. The van der Waals surface area contributed by atoms with Crippen LogP contribution in [0.4, 0.5) is 5.00 Å². The number of carboxylic acids is 1. The van der Waals surface area contributed by atoms with Crippen molar-refractivity contribution >= 4 is 40.2 Å². The van der Waals surface area contributed by atoms with Gasteiger partial charge in [0, 0.05) is 0 Å². The molecule has 1 atom stereocenters. The maximum atomic E-state index is 11.7. The number of carbonyl (C=O) groups excluding carboxylic acids is 1. The summed E-state index contributed by atoms with van der Waals surface area (Å²) in [5, 5.41) is 11.8. The van der Waals surface area contributed by atoms with Crippen molar-refractivity contribution in [3.63, 3.8) is 0 Å². The minimum atomic E-state index is -1.10. The first-order chi connectivity index (χ1) is 8.47. The first kappa shape index (κ1) is 14.9. The van der Waals surface area contributed by atoms with E-state index in [9.17, 15) is 9.59 Å². The van der Waals surface area contributed by atoms with Gasteiger partial charge in [0.1, 0.15) is 10.6 Å². The van der Waals surface area contributed by atoms with Crippen LogP contribution in [-0.2, 0) is 4.79 Å². The lowest BCUT2D eigenvalue weighted by Gasteiger charge is -2.10. The predicted octanol–water partition coefficient (Wildman–Crippen LogP) is 1.17. The molecule has 0 saturated carbocycles. The lowest BCUT2D eigenvalue weighted by atomic mass is 10.2. The average Bonchev–Trinajstić information content (AvgIpc) is 2.67. The minimum Gasteiger partial charge on any atom is -0.478 e. The van der Waals surface area contributed by atoms with Crippen LogP contribution < -0.4 is 11.1 Å². The zero-order valence-corrected chi connectivity index (χ0v) is 11.7. The number of hydrogen-bond acceptors (Lipinski definition) is 6. The number of nitrogens with one attached hydrogen (secondary N) is 1. The second kappa shape index (κ2) is 6.72. The number of anilines is 1. The molecular weight excluding hydrogens is 274 g/mol. The van der Waals surface area contributed by atoms with E-state index < -0.39 is 12.0 Å². The molecule has 1 aromatic heterocycles. The molecule has 0 aromatic carbocycles. The molecule has 1 aromatic rings. The van der Waals surface area contributed by atoms with Crippen LogP contribution in [0.25, 0.3) is 0 Å². The van der Waals surface area contributed by atoms with Crippen molar-refractivity contribution in [1.82, 2.24) is 4.37 Å². The summed E-state index contributed by atoms with van der Waals surface area (Å²) in [7, 11) is 0. The summed E-state index contributed by atoms with van der Waals surface area (Å²) in [4.78, 5) is 22.8. The number of hydrogen-bond donors (Lipinski definition) is 3. The van der Waals surface area contributed by atoms with Gasteiger partial charge in [-0.3, -0.25) is 4.79 Å². The Labute approximate surface area is 113 Å². The molecule has 6 nitrogen and oxygen atoms in total. The van der Waals surface area contributed by atoms with Gasteiger partial charge in [0.15, 0.2) is 0 Å². The molecule has 8 heteroatoms. The number of amides is 1. The number of aromatic carboxylic acids is 1. The van der Waals surface area contributed by atoms with E-state index in [-0.39, 0.29) is 16.5 Å². The number of nitrogens with zero attached hydrogens (tertiary/aromatic N) is 1. The zero-order valence-electron chi connectivity index (χ0n) is 10.1. The Bertz CT molecular complexity index is 448. The van der Waals surface area contributed by atoms with Gasteiger partial charge >= 0.3 is 5.97 Å². The number of thioether (sulfide) groups is 1. The van der Waals surface area contributed by atoms with Crippen LogP contribution in [0.3, 0.4) is 0 Å². The van der Waals surface area contributed by atoms with Gasteiger partial charge in [0.2, 0.25) is 5.91 Å². The van der Waals surface area contributed by atoms with Gasteiger partial charge in [-0.1, -0.05) is 0 Å². The molecule has 1 heterocycles. The molecule has 0 fully saturated rings. The number of rotatable bonds is 6. The van der Waals surface area contributed by atoms with E-state index in [2.05, 4.69) is 9.69 Å². The Balaban J connectivity index is 2.73. The molecule has 0 unspecified atom stereocenters. The van der Waals surface area contributed by atoms with E-state index in [1.165, 1.54) is 0 Å². The van der Waals surface area contributed by atoms with E-state index in [1.807, 2.05) is 6.26 Å². The van der Waals surface area contributed by atoms with Crippen LogP contribution in [0, 0.1) is 6.92 Å². The van der Waals surface area contributed by atoms with Gasteiger partial charge in [-0.15, -0.1) is 0 Å². The van der Waals surface area contributed by atoms with Crippen molar-refractivity contribution in [1.29, 1.82) is 0 Å². The van der Waals surface area contributed by atoms with Crippen LogP contribution in [0.2, 0.25) is 0 Å². The lowest BCUT2D eigenvalue weighted by molar-refractivity contribution is -0.117. The Morgan fingerprint density at radius 1 is 1.61 bits per heavy atom. The van der Waals surface area contributed by atoms with E-state index in [1.54, 1.807) is 18.7 Å². The Kier molecular flexibility index (Phi) is 5.57. The van der Waals surface area contributed by atoms with Gasteiger partial charge in [-0.05, 0) is 36.9 Å². The minimum absolute atomic E-state index is 0.0328. The zero-order chi connectivity index (χ0) is 13.7. The molecule has 18 heavy (non-hydrogen) atoms. The molecule has 1 rings (SSSR count). The molecule has 1 amide bonds.